The Hall–Kier alpha value is -2.25. The highest BCUT2D eigenvalue weighted by Crippen LogP contribution is 2.47. The van der Waals surface area contributed by atoms with E-state index in [0.717, 1.165) is 22.4 Å². The zero-order valence-electron chi connectivity index (χ0n) is 17.2. The molecule has 2 saturated carbocycles. The van der Waals surface area contributed by atoms with Crippen LogP contribution in [0.1, 0.15) is 55.1 Å². The van der Waals surface area contributed by atoms with Crippen molar-refractivity contribution >= 4 is 35.1 Å². The van der Waals surface area contributed by atoms with Gasteiger partial charge in [0.2, 0.25) is 5.91 Å². The highest BCUT2D eigenvalue weighted by Gasteiger charge is 2.37. The Bertz CT molecular complexity index is 1110. The number of amides is 1. The average Bonchev–Trinajstić information content (AvgIpc) is 3.76. The number of para-hydroxylation sites is 1. The van der Waals surface area contributed by atoms with Gasteiger partial charge < -0.3 is 9.47 Å². The second kappa shape index (κ2) is 8.02. The summed E-state index contributed by atoms with van der Waals surface area (Å²) in [4.78, 5) is 16.8. The lowest BCUT2D eigenvalue weighted by Crippen LogP contribution is -2.39. The molecule has 0 radical (unpaired) electrons. The number of carbonyl (C=O) groups excluding carboxylic acids is 1. The van der Waals surface area contributed by atoms with Gasteiger partial charge in [-0.3, -0.25) is 4.79 Å². The van der Waals surface area contributed by atoms with E-state index < -0.39 is 0 Å². The zero-order chi connectivity index (χ0) is 20.8. The van der Waals surface area contributed by atoms with E-state index in [4.69, 9.17) is 0 Å². The lowest BCUT2D eigenvalue weighted by atomic mass is 10.1. The van der Waals surface area contributed by atoms with Gasteiger partial charge in [0.15, 0.2) is 5.16 Å². The van der Waals surface area contributed by atoms with Crippen LogP contribution in [0.2, 0.25) is 0 Å². The van der Waals surface area contributed by atoms with E-state index in [1.807, 2.05) is 34.9 Å². The molecule has 2 aliphatic carbocycles. The van der Waals surface area contributed by atoms with Crippen LogP contribution >= 0.6 is 23.5 Å². The van der Waals surface area contributed by atoms with Crippen molar-refractivity contribution in [2.45, 2.75) is 53.7 Å². The summed E-state index contributed by atoms with van der Waals surface area (Å²) in [7, 11) is 0. The number of rotatable bonds is 6. The normalized spacial score (nSPS) is 20.5. The van der Waals surface area contributed by atoms with Gasteiger partial charge in [-0.15, -0.1) is 22.0 Å². The molecule has 1 aliphatic heterocycles. The number of nitrogens with zero attached hydrogens (tertiary/aromatic N) is 4. The fourth-order valence-electron chi connectivity index (χ4n) is 4.30. The number of thioether (sulfide) groups is 2. The molecule has 5 nitrogen and oxygen atoms in total. The van der Waals surface area contributed by atoms with Crippen molar-refractivity contribution in [2.24, 2.45) is 0 Å². The first kappa shape index (κ1) is 19.4. The number of hydrogen-bond acceptors (Lipinski definition) is 5. The predicted molar refractivity (Wildman–Crippen MR) is 125 cm³/mol. The quantitative estimate of drug-likeness (QED) is 0.469. The number of benzene rings is 2. The Balaban J connectivity index is 1.27. The highest BCUT2D eigenvalue weighted by molar-refractivity contribution is 8.00. The summed E-state index contributed by atoms with van der Waals surface area (Å²) in [5, 5.41) is 9.88. The second-order valence-corrected chi connectivity index (χ2v) is 10.5. The van der Waals surface area contributed by atoms with Crippen molar-refractivity contribution in [3.05, 3.63) is 66.0 Å². The molecular weight excluding hydrogens is 424 g/mol. The summed E-state index contributed by atoms with van der Waals surface area (Å²) in [5.41, 5.74) is 2.19. The molecule has 1 amide bonds. The van der Waals surface area contributed by atoms with Crippen LogP contribution in [0.3, 0.4) is 0 Å². The number of hydrogen-bond donors (Lipinski definition) is 0. The standard InChI is InChI=1S/C24H24N4OS2/c29-22(15-31-24-26-25-23(17-10-11-17)27(24)18-12-13-18)28-19-8-4-5-9-21(19)30-14-20(28)16-6-2-1-3-7-16/h1-9,17-18,20H,10-15H2/t20-/m1/s1. The van der Waals surface area contributed by atoms with Crippen LogP contribution in [0.25, 0.3) is 0 Å². The predicted octanol–water partition coefficient (Wildman–Crippen LogP) is 5.46. The van der Waals surface area contributed by atoms with Crippen molar-refractivity contribution in [3.63, 3.8) is 0 Å². The summed E-state index contributed by atoms with van der Waals surface area (Å²) in [5.74, 6) is 3.08. The molecule has 3 aliphatic rings. The van der Waals surface area contributed by atoms with Crippen LogP contribution in [0.5, 0.6) is 0 Å². The SMILES string of the molecule is O=C(CSc1nnc(C2CC2)n1C1CC1)N1c2ccccc2SC[C@@H]1c1ccccc1. The fraction of sp³-hybridized carbons (Fsp3) is 0.375. The minimum Gasteiger partial charge on any atom is -0.303 e. The maximum absolute atomic E-state index is 13.6. The van der Waals surface area contributed by atoms with Crippen molar-refractivity contribution in [1.29, 1.82) is 0 Å². The molecule has 158 valence electrons. The van der Waals surface area contributed by atoms with Gasteiger partial charge in [-0.25, -0.2) is 0 Å². The molecule has 0 bridgehead atoms. The van der Waals surface area contributed by atoms with E-state index >= 15 is 0 Å². The first-order valence-electron chi connectivity index (χ1n) is 11.0. The molecule has 7 heteroatoms. The minimum atomic E-state index is 0.0394. The summed E-state index contributed by atoms with van der Waals surface area (Å²) in [6.45, 7) is 0. The Morgan fingerprint density at radius 3 is 2.55 bits per heavy atom. The molecule has 2 fully saturated rings. The summed E-state index contributed by atoms with van der Waals surface area (Å²) < 4.78 is 2.32. The van der Waals surface area contributed by atoms with Crippen LogP contribution in [0.15, 0.2) is 64.6 Å². The topological polar surface area (TPSA) is 51.0 Å². The molecule has 0 spiro atoms. The van der Waals surface area contributed by atoms with Gasteiger partial charge in [0.05, 0.1) is 17.5 Å². The van der Waals surface area contributed by atoms with Gasteiger partial charge in [0.1, 0.15) is 5.82 Å². The largest absolute Gasteiger partial charge is 0.303 e. The molecule has 3 aromatic rings. The first-order chi connectivity index (χ1) is 15.3. The van der Waals surface area contributed by atoms with E-state index in [0.29, 0.717) is 17.7 Å². The molecule has 6 rings (SSSR count). The van der Waals surface area contributed by atoms with Crippen molar-refractivity contribution in [1.82, 2.24) is 14.8 Å². The lowest BCUT2D eigenvalue weighted by molar-refractivity contribution is -0.116. The van der Waals surface area contributed by atoms with Crippen molar-refractivity contribution in [2.75, 3.05) is 16.4 Å². The van der Waals surface area contributed by atoms with Gasteiger partial charge in [0, 0.05) is 22.6 Å². The van der Waals surface area contributed by atoms with E-state index in [1.165, 1.54) is 36.1 Å². The van der Waals surface area contributed by atoms with E-state index in [9.17, 15) is 4.79 Å². The van der Waals surface area contributed by atoms with Gasteiger partial charge in [-0.1, -0.05) is 54.2 Å². The van der Waals surface area contributed by atoms with Crippen LogP contribution in [-0.2, 0) is 4.79 Å². The smallest absolute Gasteiger partial charge is 0.238 e. The Labute approximate surface area is 190 Å². The second-order valence-electron chi connectivity index (χ2n) is 8.47. The Kier molecular flexibility index (Phi) is 5.03. The maximum atomic E-state index is 13.6. The molecule has 1 atom stereocenters. The fourth-order valence-corrected chi connectivity index (χ4v) is 6.34. The molecule has 31 heavy (non-hydrogen) atoms. The highest BCUT2D eigenvalue weighted by atomic mass is 32.2. The van der Waals surface area contributed by atoms with E-state index in [-0.39, 0.29) is 11.9 Å². The summed E-state index contributed by atoms with van der Waals surface area (Å²) in [6, 6.07) is 19.2. The van der Waals surface area contributed by atoms with E-state index in [2.05, 4.69) is 51.2 Å². The van der Waals surface area contributed by atoms with Gasteiger partial charge in [-0.05, 0) is 43.4 Å². The first-order valence-corrected chi connectivity index (χ1v) is 12.9. The van der Waals surface area contributed by atoms with Crippen molar-refractivity contribution in [3.8, 4) is 0 Å². The molecule has 0 unspecified atom stereocenters. The zero-order valence-corrected chi connectivity index (χ0v) is 18.8. The lowest BCUT2D eigenvalue weighted by Gasteiger charge is -2.37. The molecule has 0 N–H and O–H groups in total. The number of fused-ring (bicyclic) bond motifs is 1. The maximum Gasteiger partial charge on any atom is 0.238 e. The van der Waals surface area contributed by atoms with Gasteiger partial charge in [0.25, 0.3) is 0 Å². The summed E-state index contributed by atoms with van der Waals surface area (Å²) in [6.07, 6.45) is 4.84. The van der Waals surface area contributed by atoms with Crippen LogP contribution < -0.4 is 4.90 Å². The van der Waals surface area contributed by atoms with Crippen LogP contribution in [-0.4, -0.2) is 32.2 Å². The summed E-state index contributed by atoms with van der Waals surface area (Å²) >= 11 is 3.37. The molecule has 0 saturated heterocycles. The van der Waals surface area contributed by atoms with Gasteiger partial charge >= 0.3 is 0 Å². The number of anilines is 1. The third-order valence-electron chi connectivity index (χ3n) is 6.16. The van der Waals surface area contributed by atoms with Crippen LogP contribution in [0, 0.1) is 0 Å². The Morgan fingerprint density at radius 1 is 1.00 bits per heavy atom. The Morgan fingerprint density at radius 2 is 1.77 bits per heavy atom. The number of carbonyl (C=O) groups is 1. The van der Waals surface area contributed by atoms with Crippen LogP contribution in [0.4, 0.5) is 5.69 Å². The average molecular weight is 449 g/mol. The number of aromatic nitrogens is 3. The monoisotopic (exact) mass is 448 g/mol. The van der Waals surface area contributed by atoms with E-state index in [1.54, 1.807) is 11.8 Å². The molecule has 2 aromatic carbocycles. The molecule has 1 aromatic heterocycles. The molecular formula is C24H24N4OS2. The minimum absolute atomic E-state index is 0.0394. The third-order valence-corrected chi connectivity index (χ3v) is 8.22. The third kappa shape index (κ3) is 3.78. The van der Waals surface area contributed by atoms with Gasteiger partial charge in [-0.2, -0.15) is 0 Å². The van der Waals surface area contributed by atoms with Crippen molar-refractivity contribution < 1.29 is 4.79 Å². The molecule has 2 heterocycles.